The number of benzene rings is 2. The van der Waals surface area contributed by atoms with Crippen molar-refractivity contribution in [3.63, 3.8) is 0 Å². The minimum atomic E-state index is -1.02. The molecule has 9 heteroatoms. The van der Waals surface area contributed by atoms with Crippen molar-refractivity contribution in [2.45, 2.75) is 0 Å². The molecule has 2 amide bonds. The molecule has 3 aromatic rings. The number of nitrogens with one attached hydrogen (secondary N) is 1. The van der Waals surface area contributed by atoms with Gasteiger partial charge < -0.3 is 9.67 Å². The highest BCUT2D eigenvalue weighted by atomic mass is 79.9. The van der Waals surface area contributed by atoms with Crippen LogP contribution in [0.25, 0.3) is 11.8 Å². The molecule has 0 bridgehead atoms. The van der Waals surface area contributed by atoms with Crippen molar-refractivity contribution in [3.05, 3.63) is 88.2 Å². The van der Waals surface area contributed by atoms with E-state index in [1.54, 1.807) is 53.2 Å². The number of nitrogens with zero attached hydrogens (tertiary/aromatic N) is 2. The summed E-state index contributed by atoms with van der Waals surface area (Å²) in [7, 11) is 0. The number of rotatable bonds is 4. The second-order valence-corrected chi connectivity index (χ2v) is 7.90. The van der Waals surface area contributed by atoms with Gasteiger partial charge in [0.25, 0.3) is 11.8 Å². The Morgan fingerprint density at radius 1 is 1.03 bits per heavy atom. The summed E-state index contributed by atoms with van der Waals surface area (Å²) in [4.78, 5) is 38.1. The first-order valence-corrected chi connectivity index (χ1v) is 10.2. The first kappa shape index (κ1) is 20.7. The number of hydrogen-bond donors (Lipinski definition) is 2. The van der Waals surface area contributed by atoms with Gasteiger partial charge in [-0.05, 0) is 72.9 Å². The van der Waals surface area contributed by atoms with Crippen molar-refractivity contribution in [2.24, 2.45) is 0 Å². The van der Waals surface area contributed by atoms with Crippen LogP contribution in [-0.4, -0.2) is 32.6 Å². The molecule has 0 atom stereocenters. The molecule has 0 spiro atoms. The maximum Gasteiger partial charge on any atom is 0.335 e. The average Bonchev–Trinajstić information content (AvgIpc) is 3.19. The van der Waals surface area contributed by atoms with Crippen LogP contribution in [0, 0.1) is 0 Å². The lowest BCUT2D eigenvalue weighted by Gasteiger charge is -2.29. The molecule has 2 heterocycles. The normalized spacial score (nSPS) is 15.3. The Morgan fingerprint density at radius 2 is 1.77 bits per heavy atom. The van der Waals surface area contributed by atoms with Gasteiger partial charge in [0.15, 0.2) is 5.11 Å². The quantitative estimate of drug-likeness (QED) is 0.326. The molecule has 2 aromatic carbocycles. The summed E-state index contributed by atoms with van der Waals surface area (Å²) < 4.78 is 2.51. The number of anilines is 1. The molecule has 4 rings (SSSR count). The molecule has 154 valence electrons. The van der Waals surface area contributed by atoms with E-state index in [4.69, 9.17) is 17.3 Å². The average molecular weight is 496 g/mol. The van der Waals surface area contributed by atoms with E-state index in [0.717, 1.165) is 4.47 Å². The lowest BCUT2D eigenvalue weighted by molar-refractivity contribution is -0.122. The molecule has 2 N–H and O–H groups in total. The number of thiocarbonyl (C=S) groups is 1. The number of carboxylic acids is 1. The van der Waals surface area contributed by atoms with Gasteiger partial charge in [0, 0.05) is 22.1 Å². The van der Waals surface area contributed by atoms with Crippen LogP contribution in [-0.2, 0) is 9.59 Å². The summed E-state index contributed by atoms with van der Waals surface area (Å²) in [5, 5.41) is 11.6. The highest BCUT2D eigenvalue weighted by Gasteiger charge is 2.34. The summed E-state index contributed by atoms with van der Waals surface area (Å²) in [6.07, 6.45) is 3.24. The monoisotopic (exact) mass is 495 g/mol. The Kier molecular flexibility index (Phi) is 5.53. The lowest BCUT2D eigenvalue weighted by atomic mass is 10.1. The first-order chi connectivity index (χ1) is 14.8. The van der Waals surface area contributed by atoms with E-state index in [1.165, 1.54) is 23.1 Å². The molecule has 0 unspecified atom stereocenters. The third-order valence-electron chi connectivity index (χ3n) is 4.63. The molecular formula is C22H14BrN3O4S. The maximum absolute atomic E-state index is 13.2. The third kappa shape index (κ3) is 4.05. The molecule has 1 saturated heterocycles. The zero-order valence-electron chi connectivity index (χ0n) is 15.8. The van der Waals surface area contributed by atoms with Crippen molar-refractivity contribution in [2.75, 3.05) is 4.90 Å². The number of carbonyl (C=O) groups is 3. The zero-order valence-corrected chi connectivity index (χ0v) is 18.2. The van der Waals surface area contributed by atoms with Crippen LogP contribution in [0.1, 0.15) is 16.1 Å². The van der Waals surface area contributed by atoms with Gasteiger partial charge in [-0.3, -0.25) is 19.8 Å². The number of carbonyl (C=O) groups excluding carboxylic acids is 2. The largest absolute Gasteiger partial charge is 0.478 e. The lowest BCUT2D eigenvalue weighted by Crippen LogP contribution is -2.54. The third-order valence-corrected chi connectivity index (χ3v) is 5.41. The Hall–Kier alpha value is -3.56. The molecule has 1 aliphatic heterocycles. The summed E-state index contributed by atoms with van der Waals surface area (Å²) in [6.45, 7) is 0. The minimum Gasteiger partial charge on any atom is -0.478 e. The first-order valence-electron chi connectivity index (χ1n) is 9.03. The van der Waals surface area contributed by atoms with E-state index in [2.05, 4.69) is 21.2 Å². The summed E-state index contributed by atoms with van der Waals surface area (Å²) in [5.41, 5.74) is 1.87. The number of aromatic carboxylic acids is 1. The molecule has 1 aliphatic rings. The minimum absolute atomic E-state index is 0.00453. The van der Waals surface area contributed by atoms with Crippen molar-refractivity contribution in [1.82, 2.24) is 9.88 Å². The smallest absolute Gasteiger partial charge is 0.335 e. The van der Waals surface area contributed by atoms with E-state index < -0.39 is 17.8 Å². The Bertz CT molecular complexity index is 1260. The summed E-state index contributed by atoms with van der Waals surface area (Å²) in [6, 6.07) is 16.8. The second-order valence-electron chi connectivity index (χ2n) is 6.59. The molecule has 0 saturated carbocycles. The Labute approximate surface area is 190 Å². The van der Waals surface area contributed by atoms with Crippen molar-refractivity contribution in [3.8, 4) is 5.69 Å². The van der Waals surface area contributed by atoms with Gasteiger partial charge in [-0.15, -0.1) is 0 Å². The van der Waals surface area contributed by atoms with Crippen molar-refractivity contribution >= 4 is 62.8 Å². The maximum atomic E-state index is 13.2. The number of carboxylic acid groups (broad SMARTS) is 1. The van der Waals surface area contributed by atoms with Gasteiger partial charge in [0.05, 0.1) is 11.3 Å². The number of hydrogen-bond acceptors (Lipinski definition) is 4. The number of aromatic nitrogens is 1. The van der Waals surface area contributed by atoms with Gasteiger partial charge in [0.2, 0.25) is 0 Å². The summed E-state index contributed by atoms with van der Waals surface area (Å²) >= 11 is 8.59. The molecule has 0 radical (unpaired) electrons. The molecule has 1 fully saturated rings. The standard InChI is InChI=1S/C22H14BrN3O4S/c23-14-3-1-4-17(11-14)26-20(28)18(19(27)24-22(26)31)12-16-5-2-10-25(16)15-8-6-13(7-9-15)21(29)30/h1-12H,(H,29,30)(H,24,27,31). The van der Waals surface area contributed by atoms with Gasteiger partial charge in [-0.25, -0.2) is 4.79 Å². The van der Waals surface area contributed by atoms with E-state index in [-0.39, 0.29) is 16.2 Å². The van der Waals surface area contributed by atoms with Crippen molar-refractivity contribution in [1.29, 1.82) is 0 Å². The van der Waals surface area contributed by atoms with Crippen LogP contribution in [0.15, 0.2) is 76.9 Å². The van der Waals surface area contributed by atoms with E-state index in [1.807, 2.05) is 6.07 Å². The highest BCUT2D eigenvalue weighted by Crippen LogP contribution is 2.25. The van der Waals surface area contributed by atoms with Gasteiger partial charge in [0.1, 0.15) is 5.57 Å². The highest BCUT2D eigenvalue weighted by molar-refractivity contribution is 9.10. The van der Waals surface area contributed by atoms with Crippen LogP contribution in [0.5, 0.6) is 0 Å². The molecule has 7 nitrogen and oxygen atoms in total. The van der Waals surface area contributed by atoms with Crippen LogP contribution in [0.4, 0.5) is 5.69 Å². The molecule has 31 heavy (non-hydrogen) atoms. The Morgan fingerprint density at radius 3 is 2.45 bits per heavy atom. The molecular weight excluding hydrogens is 482 g/mol. The van der Waals surface area contributed by atoms with E-state index in [9.17, 15) is 14.4 Å². The van der Waals surface area contributed by atoms with Crippen LogP contribution >= 0.6 is 28.1 Å². The second kappa shape index (κ2) is 8.29. The van der Waals surface area contributed by atoms with Gasteiger partial charge >= 0.3 is 5.97 Å². The number of halogens is 1. The molecule has 1 aromatic heterocycles. The zero-order chi connectivity index (χ0) is 22.1. The summed E-state index contributed by atoms with van der Waals surface area (Å²) in [5.74, 6) is -2.15. The topological polar surface area (TPSA) is 91.6 Å². The predicted molar refractivity (Wildman–Crippen MR) is 123 cm³/mol. The van der Waals surface area contributed by atoms with Gasteiger partial charge in [-0.1, -0.05) is 22.0 Å². The number of amides is 2. The van der Waals surface area contributed by atoms with Crippen LogP contribution in [0.3, 0.4) is 0 Å². The fraction of sp³-hybridized carbons (Fsp3) is 0. The van der Waals surface area contributed by atoms with E-state index >= 15 is 0 Å². The fourth-order valence-corrected chi connectivity index (χ4v) is 3.83. The predicted octanol–water partition coefficient (Wildman–Crippen LogP) is 3.77. The fourth-order valence-electron chi connectivity index (χ4n) is 3.17. The van der Waals surface area contributed by atoms with Gasteiger partial charge in [-0.2, -0.15) is 0 Å². The van der Waals surface area contributed by atoms with E-state index in [0.29, 0.717) is 17.1 Å². The van der Waals surface area contributed by atoms with Crippen LogP contribution in [0.2, 0.25) is 0 Å². The Balaban J connectivity index is 1.72. The van der Waals surface area contributed by atoms with Crippen molar-refractivity contribution < 1.29 is 19.5 Å². The SMILES string of the molecule is O=C1NC(=S)N(c2cccc(Br)c2)C(=O)C1=Cc1cccn1-c1ccc(C(=O)O)cc1. The molecule has 0 aliphatic carbocycles. The van der Waals surface area contributed by atoms with Crippen LogP contribution < -0.4 is 10.2 Å².